The Balaban J connectivity index is 1.53. The van der Waals surface area contributed by atoms with Crippen molar-refractivity contribution < 1.29 is 14.4 Å². The summed E-state index contributed by atoms with van der Waals surface area (Å²) in [7, 11) is 0. The van der Waals surface area contributed by atoms with Gasteiger partial charge in [-0.05, 0) is 34.8 Å². The Morgan fingerprint density at radius 3 is 2.66 bits per heavy atom. The van der Waals surface area contributed by atoms with E-state index in [4.69, 9.17) is 11.5 Å². The van der Waals surface area contributed by atoms with Crippen molar-refractivity contribution in [3.8, 4) is 0 Å². The highest BCUT2D eigenvalue weighted by molar-refractivity contribution is 9.10. The van der Waals surface area contributed by atoms with E-state index in [-0.39, 0.29) is 42.6 Å². The molecule has 1 saturated carbocycles. The predicted molar refractivity (Wildman–Crippen MR) is 119 cm³/mol. The molecule has 0 radical (unpaired) electrons. The predicted octanol–water partition coefficient (Wildman–Crippen LogP) is 0.645. The molecule has 11 nitrogen and oxygen atoms in total. The summed E-state index contributed by atoms with van der Waals surface area (Å²) in [5.41, 5.74) is 12.0. The van der Waals surface area contributed by atoms with E-state index in [1.165, 1.54) is 22.0 Å². The highest BCUT2D eigenvalue weighted by Gasteiger charge is 2.35. The second kappa shape index (κ2) is 9.01. The van der Waals surface area contributed by atoms with Gasteiger partial charge in [0.05, 0.1) is 17.9 Å². The number of halogens is 1. The fourth-order valence-corrected chi connectivity index (χ4v) is 4.00. The van der Waals surface area contributed by atoms with Crippen LogP contribution in [-0.4, -0.2) is 61.0 Å². The van der Waals surface area contributed by atoms with Crippen LogP contribution >= 0.6 is 15.9 Å². The van der Waals surface area contributed by atoms with Crippen LogP contribution < -0.4 is 16.8 Å². The van der Waals surface area contributed by atoms with Crippen molar-refractivity contribution >= 4 is 50.4 Å². The number of hydrogen-bond acceptors (Lipinski definition) is 7. The minimum atomic E-state index is -0.677. The molecule has 1 aliphatic rings. The SMILES string of the molecule is NC(=O)c1nn(CC(=O)N(CC(=O)Nc2cncc(Br)n2)C2CC(N)C2)c2ccccc12. The lowest BCUT2D eigenvalue weighted by Gasteiger charge is -2.41. The van der Waals surface area contributed by atoms with E-state index in [9.17, 15) is 14.4 Å². The number of fused-ring (bicyclic) bond motifs is 1. The standard InChI is InChI=1S/C20H21BrN8O3/c21-15-7-24-8-16(25-15)26-17(30)9-28(12-5-11(22)6-12)18(31)10-29-14-4-2-1-3-13(14)19(27-29)20(23)32/h1-4,7-8,11-12H,5-6,9-10,22H2,(H2,23,32)(H,25,26,30). The van der Waals surface area contributed by atoms with Crippen molar-refractivity contribution in [2.75, 3.05) is 11.9 Å². The van der Waals surface area contributed by atoms with Gasteiger partial charge in [-0.15, -0.1) is 0 Å². The first-order valence-corrected chi connectivity index (χ1v) is 10.7. The summed E-state index contributed by atoms with van der Waals surface area (Å²) in [5, 5.41) is 7.44. The maximum atomic E-state index is 13.2. The summed E-state index contributed by atoms with van der Waals surface area (Å²) in [6, 6.07) is 6.85. The number of rotatable bonds is 7. The zero-order valence-corrected chi connectivity index (χ0v) is 18.5. The molecule has 4 rings (SSSR count). The second-order valence-electron chi connectivity index (χ2n) is 7.57. The van der Waals surface area contributed by atoms with Crippen LogP contribution in [0.25, 0.3) is 10.9 Å². The highest BCUT2D eigenvalue weighted by atomic mass is 79.9. The normalized spacial score (nSPS) is 17.6. The lowest BCUT2D eigenvalue weighted by atomic mass is 9.86. The molecule has 3 aromatic rings. The topological polar surface area (TPSA) is 162 Å². The second-order valence-corrected chi connectivity index (χ2v) is 8.38. The Labute approximate surface area is 191 Å². The van der Waals surface area contributed by atoms with Crippen LogP contribution in [0.15, 0.2) is 41.3 Å². The first-order valence-electron chi connectivity index (χ1n) is 9.89. The number of para-hydroxylation sites is 1. The highest BCUT2D eigenvalue weighted by Crippen LogP contribution is 2.25. The molecule has 12 heteroatoms. The summed E-state index contributed by atoms with van der Waals surface area (Å²) in [6.45, 7) is -0.324. The zero-order valence-electron chi connectivity index (χ0n) is 16.9. The van der Waals surface area contributed by atoms with Crippen LogP contribution in [-0.2, 0) is 16.1 Å². The van der Waals surface area contributed by atoms with E-state index in [1.807, 2.05) is 0 Å². The first-order chi connectivity index (χ1) is 15.3. The molecule has 5 N–H and O–H groups in total. The molecule has 2 heterocycles. The molecule has 0 aliphatic heterocycles. The molecule has 0 spiro atoms. The number of nitrogens with one attached hydrogen (secondary N) is 1. The van der Waals surface area contributed by atoms with Crippen molar-refractivity contribution in [2.45, 2.75) is 31.5 Å². The van der Waals surface area contributed by atoms with Gasteiger partial charge >= 0.3 is 0 Å². The molecule has 1 aliphatic carbocycles. The van der Waals surface area contributed by atoms with Gasteiger partial charge in [0, 0.05) is 17.5 Å². The molecule has 0 atom stereocenters. The van der Waals surface area contributed by atoms with Crippen LogP contribution in [0.1, 0.15) is 23.3 Å². The van der Waals surface area contributed by atoms with E-state index in [0.29, 0.717) is 28.3 Å². The molecule has 0 unspecified atom stereocenters. The van der Waals surface area contributed by atoms with Crippen molar-refractivity contribution in [3.05, 3.63) is 47.0 Å². The van der Waals surface area contributed by atoms with Gasteiger partial charge in [-0.25, -0.2) is 4.98 Å². The molecular formula is C20H21BrN8O3. The van der Waals surface area contributed by atoms with Gasteiger partial charge in [-0.3, -0.25) is 24.0 Å². The van der Waals surface area contributed by atoms with E-state index in [0.717, 1.165) is 0 Å². The van der Waals surface area contributed by atoms with E-state index >= 15 is 0 Å². The molecule has 1 aromatic carbocycles. The first kappa shape index (κ1) is 21.8. The quantitative estimate of drug-likeness (QED) is 0.428. The van der Waals surface area contributed by atoms with Gasteiger partial charge in [-0.2, -0.15) is 5.10 Å². The van der Waals surface area contributed by atoms with Crippen molar-refractivity contribution in [1.82, 2.24) is 24.6 Å². The largest absolute Gasteiger partial charge is 0.364 e. The van der Waals surface area contributed by atoms with Crippen LogP contribution in [0, 0.1) is 0 Å². The van der Waals surface area contributed by atoms with Crippen molar-refractivity contribution in [2.24, 2.45) is 11.5 Å². The summed E-state index contributed by atoms with van der Waals surface area (Å²) in [5.74, 6) is -1.13. The van der Waals surface area contributed by atoms with Crippen LogP contribution in [0.2, 0.25) is 0 Å². The number of hydrogen-bond donors (Lipinski definition) is 3. The maximum Gasteiger partial charge on any atom is 0.269 e. The number of anilines is 1. The molecule has 166 valence electrons. The molecule has 2 aromatic heterocycles. The van der Waals surface area contributed by atoms with Gasteiger partial charge in [0.2, 0.25) is 11.8 Å². The van der Waals surface area contributed by atoms with Crippen LogP contribution in [0.3, 0.4) is 0 Å². The summed E-state index contributed by atoms with van der Waals surface area (Å²) < 4.78 is 1.91. The average molecular weight is 501 g/mol. The monoisotopic (exact) mass is 500 g/mol. The number of primary amides is 1. The van der Waals surface area contributed by atoms with Gasteiger partial charge in [0.1, 0.15) is 17.7 Å². The van der Waals surface area contributed by atoms with Gasteiger partial charge in [0.25, 0.3) is 5.91 Å². The lowest BCUT2D eigenvalue weighted by Crippen LogP contribution is -2.55. The van der Waals surface area contributed by atoms with E-state index in [2.05, 4.69) is 36.3 Å². The fourth-order valence-electron chi connectivity index (χ4n) is 3.69. The van der Waals surface area contributed by atoms with Crippen molar-refractivity contribution in [3.63, 3.8) is 0 Å². The third-order valence-electron chi connectivity index (χ3n) is 5.27. The Morgan fingerprint density at radius 1 is 1.22 bits per heavy atom. The van der Waals surface area contributed by atoms with Crippen LogP contribution in [0.4, 0.5) is 5.82 Å². The molecule has 0 bridgehead atoms. The number of carbonyl (C=O) groups excluding carboxylic acids is 3. The third kappa shape index (κ3) is 4.60. The minimum Gasteiger partial charge on any atom is -0.364 e. The Kier molecular flexibility index (Phi) is 6.15. The Hall–Kier alpha value is -3.38. The third-order valence-corrected chi connectivity index (χ3v) is 5.66. The number of nitrogens with zero attached hydrogens (tertiary/aromatic N) is 5. The van der Waals surface area contributed by atoms with E-state index < -0.39 is 11.8 Å². The number of amides is 3. The summed E-state index contributed by atoms with van der Waals surface area (Å²) in [4.78, 5) is 47.2. The average Bonchev–Trinajstić information content (AvgIpc) is 3.09. The Morgan fingerprint density at radius 2 is 1.97 bits per heavy atom. The number of nitrogens with two attached hydrogens (primary N) is 2. The van der Waals surface area contributed by atoms with Crippen LogP contribution in [0.5, 0.6) is 0 Å². The molecule has 3 amide bonds. The summed E-state index contributed by atoms with van der Waals surface area (Å²) >= 11 is 3.20. The molecule has 0 saturated heterocycles. The molecular weight excluding hydrogens is 480 g/mol. The number of benzene rings is 1. The smallest absolute Gasteiger partial charge is 0.269 e. The maximum absolute atomic E-state index is 13.2. The number of carbonyl (C=O) groups is 3. The Bertz CT molecular complexity index is 1190. The minimum absolute atomic E-state index is 0.0127. The van der Waals surface area contributed by atoms with E-state index in [1.54, 1.807) is 24.3 Å². The zero-order chi connectivity index (χ0) is 22.8. The molecule has 1 fully saturated rings. The number of aromatic nitrogens is 4. The van der Waals surface area contributed by atoms with Crippen molar-refractivity contribution in [1.29, 1.82) is 0 Å². The molecule has 32 heavy (non-hydrogen) atoms. The van der Waals surface area contributed by atoms with Gasteiger partial charge in [-0.1, -0.05) is 18.2 Å². The summed E-state index contributed by atoms with van der Waals surface area (Å²) in [6.07, 6.45) is 4.11. The van der Waals surface area contributed by atoms with Gasteiger partial charge in [0.15, 0.2) is 11.5 Å². The van der Waals surface area contributed by atoms with Gasteiger partial charge < -0.3 is 21.7 Å². The fraction of sp³-hybridized carbons (Fsp3) is 0.300. The lowest BCUT2D eigenvalue weighted by molar-refractivity contribution is -0.139.